The SMILES string of the molecule is COC(=O)CC[C@H]1CCC[C@H]1O. The van der Waals surface area contributed by atoms with Gasteiger partial charge in [0.15, 0.2) is 0 Å². The minimum atomic E-state index is -0.186. The molecule has 70 valence electrons. The third-order valence-electron chi connectivity index (χ3n) is 2.57. The standard InChI is InChI=1S/C9H16O3/c1-12-9(11)6-5-7-3-2-4-8(7)10/h7-8,10H,2-6H2,1H3/t7-,8-/m1/s1. The molecule has 12 heavy (non-hydrogen) atoms. The van der Waals surface area contributed by atoms with Gasteiger partial charge in [-0.2, -0.15) is 0 Å². The molecule has 0 amide bonds. The smallest absolute Gasteiger partial charge is 0.305 e. The summed E-state index contributed by atoms with van der Waals surface area (Å²) in [5, 5.41) is 9.42. The van der Waals surface area contributed by atoms with Crippen LogP contribution < -0.4 is 0 Å². The maximum absolute atomic E-state index is 10.8. The van der Waals surface area contributed by atoms with E-state index >= 15 is 0 Å². The van der Waals surface area contributed by atoms with Crippen molar-refractivity contribution in [3.8, 4) is 0 Å². The van der Waals surface area contributed by atoms with Crippen LogP contribution in [0.1, 0.15) is 32.1 Å². The van der Waals surface area contributed by atoms with Crippen LogP contribution in [-0.4, -0.2) is 24.3 Å². The van der Waals surface area contributed by atoms with E-state index in [9.17, 15) is 9.90 Å². The summed E-state index contributed by atoms with van der Waals surface area (Å²) in [6.07, 6.45) is 4.07. The van der Waals surface area contributed by atoms with Crippen LogP contribution in [0.3, 0.4) is 0 Å². The molecule has 0 aromatic heterocycles. The molecule has 2 atom stereocenters. The highest BCUT2D eigenvalue weighted by Gasteiger charge is 2.25. The fourth-order valence-electron chi connectivity index (χ4n) is 1.76. The summed E-state index contributed by atoms with van der Waals surface area (Å²) in [5.74, 6) is 0.151. The maximum Gasteiger partial charge on any atom is 0.305 e. The number of ether oxygens (including phenoxy) is 1. The number of carbonyl (C=O) groups is 1. The highest BCUT2D eigenvalue weighted by atomic mass is 16.5. The third kappa shape index (κ3) is 2.48. The van der Waals surface area contributed by atoms with E-state index in [1.54, 1.807) is 0 Å². The summed E-state index contributed by atoms with van der Waals surface area (Å²) in [4.78, 5) is 10.8. The van der Waals surface area contributed by atoms with E-state index in [-0.39, 0.29) is 12.1 Å². The molecule has 3 heteroatoms. The second-order valence-corrected chi connectivity index (χ2v) is 3.37. The molecule has 0 heterocycles. The van der Waals surface area contributed by atoms with E-state index in [4.69, 9.17) is 0 Å². The number of methoxy groups -OCH3 is 1. The summed E-state index contributed by atoms with van der Waals surface area (Å²) in [6, 6.07) is 0. The van der Waals surface area contributed by atoms with Gasteiger partial charge >= 0.3 is 5.97 Å². The van der Waals surface area contributed by atoms with Crippen LogP contribution >= 0.6 is 0 Å². The van der Waals surface area contributed by atoms with E-state index in [2.05, 4.69) is 4.74 Å². The van der Waals surface area contributed by atoms with Gasteiger partial charge in [0.05, 0.1) is 13.2 Å². The molecule has 0 saturated heterocycles. The summed E-state index contributed by atoms with van der Waals surface area (Å²) in [7, 11) is 1.40. The Morgan fingerprint density at radius 3 is 2.83 bits per heavy atom. The van der Waals surface area contributed by atoms with Crippen molar-refractivity contribution >= 4 is 5.97 Å². The van der Waals surface area contributed by atoms with E-state index in [0.717, 1.165) is 25.7 Å². The van der Waals surface area contributed by atoms with Gasteiger partial charge in [-0.15, -0.1) is 0 Å². The first-order valence-electron chi connectivity index (χ1n) is 4.49. The van der Waals surface area contributed by atoms with Gasteiger partial charge in [-0.25, -0.2) is 0 Å². The van der Waals surface area contributed by atoms with Crippen LogP contribution in [0.25, 0.3) is 0 Å². The van der Waals surface area contributed by atoms with E-state index < -0.39 is 0 Å². The Bertz CT molecular complexity index is 156. The van der Waals surface area contributed by atoms with Crippen molar-refractivity contribution < 1.29 is 14.6 Å². The van der Waals surface area contributed by atoms with Crippen molar-refractivity contribution in [2.45, 2.75) is 38.2 Å². The first-order valence-corrected chi connectivity index (χ1v) is 4.49. The first-order chi connectivity index (χ1) is 5.74. The Kier molecular flexibility index (Phi) is 3.53. The molecule has 0 spiro atoms. The topological polar surface area (TPSA) is 46.5 Å². The molecule has 0 aromatic carbocycles. The van der Waals surface area contributed by atoms with Crippen LogP contribution in [0.2, 0.25) is 0 Å². The average Bonchev–Trinajstić information content (AvgIpc) is 2.47. The van der Waals surface area contributed by atoms with Crippen molar-refractivity contribution in [1.29, 1.82) is 0 Å². The molecular formula is C9H16O3. The van der Waals surface area contributed by atoms with Crippen molar-refractivity contribution in [3.63, 3.8) is 0 Å². The molecular weight excluding hydrogens is 156 g/mol. The monoisotopic (exact) mass is 172 g/mol. The minimum absolute atomic E-state index is 0.172. The minimum Gasteiger partial charge on any atom is -0.469 e. The van der Waals surface area contributed by atoms with Crippen LogP contribution in [0, 0.1) is 5.92 Å². The third-order valence-corrected chi connectivity index (χ3v) is 2.57. The fraction of sp³-hybridized carbons (Fsp3) is 0.889. The van der Waals surface area contributed by atoms with Gasteiger partial charge in [-0.05, 0) is 25.2 Å². The van der Waals surface area contributed by atoms with E-state index in [1.807, 2.05) is 0 Å². The lowest BCUT2D eigenvalue weighted by Crippen LogP contribution is -2.14. The van der Waals surface area contributed by atoms with Gasteiger partial charge in [-0.1, -0.05) is 6.42 Å². The lowest BCUT2D eigenvalue weighted by Gasteiger charge is -2.12. The van der Waals surface area contributed by atoms with Gasteiger partial charge < -0.3 is 9.84 Å². The second-order valence-electron chi connectivity index (χ2n) is 3.37. The number of rotatable bonds is 3. The summed E-state index contributed by atoms with van der Waals surface area (Å²) >= 11 is 0. The van der Waals surface area contributed by atoms with Crippen LogP contribution in [-0.2, 0) is 9.53 Å². The number of hydrogen-bond donors (Lipinski definition) is 1. The largest absolute Gasteiger partial charge is 0.469 e. The normalized spacial score (nSPS) is 28.8. The number of esters is 1. The van der Waals surface area contributed by atoms with E-state index in [0.29, 0.717) is 12.3 Å². The van der Waals surface area contributed by atoms with E-state index in [1.165, 1.54) is 7.11 Å². The Morgan fingerprint density at radius 1 is 1.58 bits per heavy atom. The number of aliphatic hydroxyl groups is 1. The summed E-state index contributed by atoms with van der Waals surface area (Å²) in [5.41, 5.74) is 0. The highest BCUT2D eigenvalue weighted by molar-refractivity contribution is 5.69. The zero-order valence-corrected chi connectivity index (χ0v) is 7.45. The average molecular weight is 172 g/mol. The van der Waals surface area contributed by atoms with Crippen molar-refractivity contribution in [2.75, 3.05) is 7.11 Å². The molecule has 0 bridgehead atoms. The predicted molar refractivity (Wildman–Crippen MR) is 44.6 cm³/mol. The number of aliphatic hydroxyl groups excluding tert-OH is 1. The van der Waals surface area contributed by atoms with Crippen LogP contribution in [0.4, 0.5) is 0 Å². The lowest BCUT2D eigenvalue weighted by molar-refractivity contribution is -0.141. The Balaban J connectivity index is 2.18. The molecule has 0 unspecified atom stereocenters. The molecule has 1 aliphatic carbocycles. The fourth-order valence-corrected chi connectivity index (χ4v) is 1.76. The van der Waals surface area contributed by atoms with Gasteiger partial charge in [0.1, 0.15) is 0 Å². The molecule has 1 aliphatic rings. The number of hydrogen-bond acceptors (Lipinski definition) is 3. The van der Waals surface area contributed by atoms with Gasteiger partial charge in [0.25, 0.3) is 0 Å². The van der Waals surface area contributed by atoms with Crippen LogP contribution in [0.15, 0.2) is 0 Å². The number of carbonyl (C=O) groups excluding carboxylic acids is 1. The van der Waals surface area contributed by atoms with Crippen molar-refractivity contribution in [2.24, 2.45) is 5.92 Å². The summed E-state index contributed by atoms with van der Waals surface area (Å²) in [6.45, 7) is 0. The first kappa shape index (κ1) is 9.52. The molecule has 1 fully saturated rings. The second kappa shape index (κ2) is 4.45. The molecule has 0 radical (unpaired) electrons. The van der Waals surface area contributed by atoms with Gasteiger partial charge in [0, 0.05) is 6.42 Å². The Morgan fingerprint density at radius 2 is 2.33 bits per heavy atom. The van der Waals surface area contributed by atoms with Crippen molar-refractivity contribution in [1.82, 2.24) is 0 Å². The zero-order chi connectivity index (χ0) is 8.97. The van der Waals surface area contributed by atoms with Crippen LogP contribution in [0.5, 0.6) is 0 Å². The molecule has 0 aliphatic heterocycles. The Labute approximate surface area is 72.7 Å². The maximum atomic E-state index is 10.8. The van der Waals surface area contributed by atoms with Gasteiger partial charge in [0.2, 0.25) is 0 Å². The quantitative estimate of drug-likeness (QED) is 0.648. The predicted octanol–water partition coefficient (Wildman–Crippen LogP) is 1.10. The Hall–Kier alpha value is -0.570. The lowest BCUT2D eigenvalue weighted by atomic mass is 10.00. The molecule has 3 nitrogen and oxygen atoms in total. The zero-order valence-electron chi connectivity index (χ0n) is 7.45. The highest BCUT2D eigenvalue weighted by Crippen LogP contribution is 2.29. The molecule has 1 rings (SSSR count). The molecule has 1 saturated carbocycles. The molecule has 0 aromatic rings. The molecule has 1 N–H and O–H groups in total. The van der Waals surface area contributed by atoms with Gasteiger partial charge in [-0.3, -0.25) is 4.79 Å². The van der Waals surface area contributed by atoms with Crippen molar-refractivity contribution in [3.05, 3.63) is 0 Å². The summed E-state index contributed by atoms with van der Waals surface area (Å²) < 4.78 is 4.52.